The fraction of sp³-hybridized carbons (Fsp3) is 0.385. The van der Waals surface area contributed by atoms with Crippen molar-refractivity contribution in [2.45, 2.75) is 33.6 Å². The van der Waals surface area contributed by atoms with E-state index in [4.69, 9.17) is 0 Å². The first-order chi connectivity index (χ1) is 6.77. The predicted molar refractivity (Wildman–Crippen MR) is 63.7 cm³/mol. The summed E-state index contributed by atoms with van der Waals surface area (Å²) in [6.07, 6.45) is 0. The molecule has 0 atom stereocenters. The second kappa shape index (κ2) is 4.85. The number of rotatable bonds is 1. The molecule has 1 nitrogen and oxygen atoms in total. The van der Waals surface area contributed by atoms with Gasteiger partial charge in [0.15, 0.2) is 0 Å². The van der Waals surface area contributed by atoms with E-state index in [2.05, 4.69) is 49.2 Å². The fourth-order valence-electron chi connectivity index (χ4n) is 1.41. The SMILES string of the molecule is CC.CC(C)c1cc2ccccc2[nH]1. The van der Waals surface area contributed by atoms with Gasteiger partial charge in [0.1, 0.15) is 0 Å². The van der Waals surface area contributed by atoms with Crippen molar-refractivity contribution in [3.63, 3.8) is 0 Å². The number of nitrogens with one attached hydrogen (secondary N) is 1. The van der Waals surface area contributed by atoms with Gasteiger partial charge in [-0.1, -0.05) is 45.9 Å². The van der Waals surface area contributed by atoms with Gasteiger partial charge in [0.2, 0.25) is 0 Å². The molecule has 0 fully saturated rings. The minimum atomic E-state index is 0.581. The van der Waals surface area contributed by atoms with Gasteiger partial charge in [-0.3, -0.25) is 0 Å². The lowest BCUT2D eigenvalue weighted by molar-refractivity contribution is 0.836. The topological polar surface area (TPSA) is 15.8 Å². The van der Waals surface area contributed by atoms with Gasteiger partial charge in [-0.15, -0.1) is 0 Å². The highest BCUT2D eigenvalue weighted by Gasteiger charge is 2.02. The summed E-state index contributed by atoms with van der Waals surface area (Å²) in [6, 6.07) is 10.6. The molecule has 0 aliphatic carbocycles. The van der Waals surface area contributed by atoms with Gasteiger partial charge in [0.25, 0.3) is 0 Å². The van der Waals surface area contributed by atoms with Crippen LogP contribution in [0.5, 0.6) is 0 Å². The third-order valence-corrected chi connectivity index (χ3v) is 2.17. The first-order valence-corrected chi connectivity index (χ1v) is 5.35. The van der Waals surface area contributed by atoms with Crippen LogP contribution >= 0.6 is 0 Å². The molecular formula is C13H19N. The van der Waals surface area contributed by atoms with Crippen molar-refractivity contribution in [1.82, 2.24) is 4.98 Å². The number of benzene rings is 1. The third-order valence-electron chi connectivity index (χ3n) is 2.17. The summed E-state index contributed by atoms with van der Waals surface area (Å²) in [5.74, 6) is 0.581. The number of para-hydroxylation sites is 1. The summed E-state index contributed by atoms with van der Waals surface area (Å²) in [7, 11) is 0. The maximum atomic E-state index is 3.40. The highest BCUT2D eigenvalue weighted by molar-refractivity contribution is 5.80. The second-order valence-corrected chi connectivity index (χ2v) is 3.47. The van der Waals surface area contributed by atoms with Crippen LogP contribution in [0.15, 0.2) is 30.3 Å². The van der Waals surface area contributed by atoms with Crippen LogP contribution in [0.2, 0.25) is 0 Å². The highest BCUT2D eigenvalue weighted by atomic mass is 14.7. The Bertz CT molecular complexity index is 352. The molecule has 0 aliphatic rings. The number of aromatic nitrogens is 1. The fourth-order valence-corrected chi connectivity index (χ4v) is 1.41. The summed E-state index contributed by atoms with van der Waals surface area (Å²) in [4.78, 5) is 3.40. The number of hydrogen-bond donors (Lipinski definition) is 1. The summed E-state index contributed by atoms with van der Waals surface area (Å²) < 4.78 is 0. The molecule has 1 N–H and O–H groups in total. The average Bonchev–Trinajstić information content (AvgIpc) is 2.64. The van der Waals surface area contributed by atoms with Crippen LogP contribution in [0.4, 0.5) is 0 Å². The molecule has 0 saturated heterocycles. The van der Waals surface area contributed by atoms with Crippen molar-refractivity contribution >= 4 is 10.9 Å². The molecule has 1 heterocycles. The molecule has 0 bridgehead atoms. The zero-order valence-electron chi connectivity index (χ0n) is 9.46. The Kier molecular flexibility index (Phi) is 3.75. The van der Waals surface area contributed by atoms with E-state index >= 15 is 0 Å². The van der Waals surface area contributed by atoms with Gasteiger partial charge < -0.3 is 4.98 Å². The van der Waals surface area contributed by atoms with Gasteiger partial charge in [-0.05, 0) is 23.4 Å². The van der Waals surface area contributed by atoms with Gasteiger partial charge in [0.05, 0.1) is 0 Å². The molecule has 0 unspecified atom stereocenters. The van der Waals surface area contributed by atoms with Crippen LogP contribution < -0.4 is 0 Å². The summed E-state index contributed by atoms with van der Waals surface area (Å²) in [5, 5.41) is 1.31. The van der Waals surface area contributed by atoms with E-state index in [1.165, 1.54) is 16.6 Å². The van der Waals surface area contributed by atoms with E-state index in [0.29, 0.717) is 5.92 Å². The monoisotopic (exact) mass is 189 g/mol. The van der Waals surface area contributed by atoms with Crippen molar-refractivity contribution in [2.75, 3.05) is 0 Å². The lowest BCUT2D eigenvalue weighted by Crippen LogP contribution is -1.84. The molecule has 0 spiro atoms. The van der Waals surface area contributed by atoms with Crippen LogP contribution in [0, 0.1) is 0 Å². The van der Waals surface area contributed by atoms with Gasteiger partial charge >= 0.3 is 0 Å². The summed E-state index contributed by atoms with van der Waals surface area (Å²) in [6.45, 7) is 8.40. The minimum absolute atomic E-state index is 0.581. The molecule has 2 aromatic rings. The third kappa shape index (κ3) is 2.16. The van der Waals surface area contributed by atoms with Crippen molar-refractivity contribution in [3.05, 3.63) is 36.0 Å². The Morgan fingerprint density at radius 1 is 1.07 bits per heavy atom. The first kappa shape index (κ1) is 10.8. The second-order valence-electron chi connectivity index (χ2n) is 3.47. The van der Waals surface area contributed by atoms with E-state index in [1.807, 2.05) is 13.8 Å². The van der Waals surface area contributed by atoms with Gasteiger partial charge in [0, 0.05) is 11.2 Å². The number of hydrogen-bond acceptors (Lipinski definition) is 0. The lowest BCUT2D eigenvalue weighted by Gasteiger charge is -1.97. The smallest absolute Gasteiger partial charge is 0.0456 e. The van der Waals surface area contributed by atoms with E-state index in [1.54, 1.807) is 0 Å². The Balaban J connectivity index is 0.000000461. The standard InChI is InChI=1S/C11H13N.C2H6/c1-8(2)11-7-9-5-3-4-6-10(9)12-11;1-2/h3-8,12H,1-2H3;1-2H3. The Morgan fingerprint density at radius 2 is 1.71 bits per heavy atom. The molecule has 0 aliphatic heterocycles. The van der Waals surface area contributed by atoms with E-state index < -0.39 is 0 Å². The molecule has 0 radical (unpaired) electrons. The van der Waals surface area contributed by atoms with E-state index in [-0.39, 0.29) is 0 Å². The molecule has 1 heteroatoms. The maximum Gasteiger partial charge on any atom is 0.0456 e. The Hall–Kier alpha value is -1.24. The zero-order valence-corrected chi connectivity index (χ0v) is 9.46. The molecule has 76 valence electrons. The molecule has 2 rings (SSSR count). The Morgan fingerprint density at radius 3 is 2.29 bits per heavy atom. The largest absolute Gasteiger partial charge is 0.358 e. The maximum absolute atomic E-state index is 3.40. The van der Waals surface area contributed by atoms with E-state index in [0.717, 1.165) is 0 Å². The Labute approximate surface area is 86.2 Å². The van der Waals surface area contributed by atoms with Crippen LogP contribution in [0.25, 0.3) is 10.9 Å². The van der Waals surface area contributed by atoms with Crippen LogP contribution in [0.1, 0.15) is 39.3 Å². The zero-order chi connectivity index (χ0) is 10.6. The summed E-state index contributed by atoms with van der Waals surface area (Å²) in [5.41, 5.74) is 2.55. The highest BCUT2D eigenvalue weighted by Crippen LogP contribution is 2.20. The quantitative estimate of drug-likeness (QED) is 0.687. The van der Waals surface area contributed by atoms with Crippen LogP contribution in [-0.2, 0) is 0 Å². The molecule has 14 heavy (non-hydrogen) atoms. The van der Waals surface area contributed by atoms with Gasteiger partial charge in [-0.2, -0.15) is 0 Å². The molecule has 1 aromatic heterocycles. The van der Waals surface area contributed by atoms with Gasteiger partial charge in [-0.25, -0.2) is 0 Å². The van der Waals surface area contributed by atoms with Crippen LogP contribution in [-0.4, -0.2) is 4.98 Å². The molecule has 0 saturated carbocycles. The van der Waals surface area contributed by atoms with E-state index in [9.17, 15) is 0 Å². The lowest BCUT2D eigenvalue weighted by atomic mass is 10.1. The minimum Gasteiger partial charge on any atom is -0.358 e. The van der Waals surface area contributed by atoms with Crippen molar-refractivity contribution < 1.29 is 0 Å². The first-order valence-electron chi connectivity index (χ1n) is 5.35. The molecule has 1 aromatic carbocycles. The van der Waals surface area contributed by atoms with Crippen molar-refractivity contribution in [1.29, 1.82) is 0 Å². The average molecular weight is 189 g/mol. The molecular weight excluding hydrogens is 170 g/mol. The van der Waals surface area contributed by atoms with Crippen LogP contribution in [0.3, 0.4) is 0 Å². The predicted octanol–water partition coefficient (Wildman–Crippen LogP) is 4.32. The number of fused-ring (bicyclic) bond motifs is 1. The number of aromatic amines is 1. The number of H-pyrrole nitrogens is 1. The van der Waals surface area contributed by atoms with Crippen molar-refractivity contribution in [2.24, 2.45) is 0 Å². The normalized spacial score (nSPS) is 10.1. The molecule has 0 amide bonds. The van der Waals surface area contributed by atoms with Crippen molar-refractivity contribution in [3.8, 4) is 0 Å². The summed E-state index contributed by atoms with van der Waals surface area (Å²) >= 11 is 0.